The third-order valence-electron chi connectivity index (χ3n) is 3.30. The van der Waals surface area contributed by atoms with Crippen LogP contribution in [0.5, 0.6) is 0 Å². The lowest BCUT2D eigenvalue weighted by atomic mass is 9.80. The second-order valence-corrected chi connectivity index (χ2v) is 4.66. The van der Waals surface area contributed by atoms with Gasteiger partial charge in [0.05, 0.1) is 0 Å². The molecular formula is C12H19N3O. The van der Waals surface area contributed by atoms with Gasteiger partial charge in [0.25, 0.3) is 0 Å². The van der Waals surface area contributed by atoms with E-state index in [4.69, 9.17) is 5.73 Å². The van der Waals surface area contributed by atoms with Crippen molar-refractivity contribution in [2.45, 2.75) is 25.3 Å². The van der Waals surface area contributed by atoms with Crippen LogP contribution in [0.25, 0.3) is 0 Å². The van der Waals surface area contributed by atoms with E-state index in [1.165, 1.54) is 5.56 Å². The Balaban J connectivity index is 1.75. The molecule has 0 aliphatic heterocycles. The van der Waals surface area contributed by atoms with Gasteiger partial charge in [0, 0.05) is 37.9 Å². The van der Waals surface area contributed by atoms with Crippen molar-refractivity contribution in [2.75, 3.05) is 13.6 Å². The minimum atomic E-state index is 0.172. The predicted molar refractivity (Wildman–Crippen MR) is 62.8 cm³/mol. The second kappa shape index (κ2) is 4.70. The van der Waals surface area contributed by atoms with Gasteiger partial charge in [-0.3, -0.25) is 4.79 Å². The van der Waals surface area contributed by atoms with Crippen LogP contribution in [0, 0.1) is 5.92 Å². The first-order valence-electron chi connectivity index (χ1n) is 5.79. The zero-order chi connectivity index (χ0) is 11.5. The Morgan fingerprint density at radius 1 is 1.62 bits per heavy atom. The van der Waals surface area contributed by atoms with Crippen molar-refractivity contribution in [1.29, 1.82) is 0 Å². The van der Waals surface area contributed by atoms with E-state index in [0.717, 1.165) is 25.8 Å². The minimum Gasteiger partial charge on any atom is -0.367 e. The van der Waals surface area contributed by atoms with Gasteiger partial charge in [0.2, 0.25) is 5.91 Å². The molecule has 3 N–H and O–H groups in total. The molecule has 0 saturated heterocycles. The average Bonchev–Trinajstić information content (AvgIpc) is 2.73. The third-order valence-corrected chi connectivity index (χ3v) is 3.30. The van der Waals surface area contributed by atoms with Crippen LogP contribution in [0.4, 0.5) is 0 Å². The fourth-order valence-corrected chi connectivity index (χ4v) is 2.10. The lowest BCUT2D eigenvalue weighted by Gasteiger charge is -2.34. The van der Waals surface area contributed by atoms with Gasteiger partial charge in [-0.15, -0.1) is 0 Å². The normalized spacial score (nSPS) is 23.9. The van der Waals surface area contributed by atoms with Gasteiger partial charge in [-0.2, -0.15) is 0 Å². The molecule has 0 bridgehead atoms. The Morgan fingerprint density at radius 3 is 2.94 bits per heavy atom. The van der Waals surface area contributed by atoms with Crippen molar-refractivity contribution >= 4 is 5.91 Å². The molecule has 2 rings (SSSR count). The molecule has 0 atom stereocenters. The molecule has 4 nitrogen and oxygen atoms in total. The molecule has 4 heteroatoms. The fourth-order valence-electron chi connectivity index (χ4n) is 2.10. The van der Waals surface area contributed by atoms with Gasteiger partial charge in [0.15, 0.2) is 0 Å². The zero-order valence-electron chi connectivity index (χ0n) is 9.65. The lowest BCUT2D eigenvalue weighted by molar-refractivity contribution is -0.137. The van der Waals surface area contributed by atoms with Crippen LogP contribution in [0.1, 0.15) is 18.4 Å². The van der Waals surface area contributed by atoms with Gasteiger partial charge < -0.3 is 15.6 Å². The van der Waals surface area contributed by atoms with Crippen LogP contribution in [-0.4, -0.2) is 35.4 Å². The highest BCUT2D eigenvalue weighted by molar-refractivity contribution is 5.79. The van der Waals surface area contributed by atoms with E-state index in [-0.39, 0.29) is 17.9 Å². The SMILES string of the molecule is CN(CCc1cc[nH]c1)C(=O)C1CC(N)C1. The van der Waals surface area contributed by atoms with Gasteiger partial charge >= 0.3 is 0 Å². The van der Waals surface area contributed by atoms with Crippen molar-refractivity contribution in [3.05, 3.63) is 24.0 Å². The number of aromatic nitrogens is 1. The molecule has 1 aliphatic rings. The highest BCUT2D eigenvalue weighted by atomic mass is 16.2. The molecule has 1 fully saturated rings. The Bertz CT molecular complexity index is 341. The Hall–Kier alpha value is -1.29. The van der Waals surface area contributed by atoms with Crippen LogP contribution in [0.15, 0.2) is 18.5 Å². The number of carbonyl (C=O) groups excluding carboxylic acids is 1. The van der Waals surface area contributed by atoms with Gasteiger partial charge in [0.1, 0.15) is 0 Å². The van der Waals surface area contributed by atoms with Crippen LogP contribution >= 0.6 is 0 Å². The molecule has 1 aliphatic carbocycles. The number of aromatic amines is 1. The molecule has 1 aromatic rings. The predicted octanol–water partition coefficient (Wildman–Crippen LogP) is 0.753. The first kappa shape index (κ1) is 11.2. The number of nitrogens with zero attached hydrogens (tertiary/aromatic N) is 1. The standard InChI is InChI=1S/C12H19N3O/c1-15(5-3-9-2-4-14-8-9)12(16)10-6-11(13)7-10/h2,4,8,10-11,14H,3,5-7,13H2,1H3. The summed E-state index contributed by atoms with van der Waals surface area (Å²) in [6, 6.07) is 2.28. The summed E-state index contributed by atoms with van der Waals surface area (Å²) in [6.07, 6.45) is 6.49. The lowest BCUT2D eigenvalue weighted by Crippen LogP contribution is -2.46. The monoisotopic (exact) mass is 221 g/mol. The van der Waals surface area contributed by atoms with Crippen molar-refractivity contribution in [1.82, 2.24) is 9.88 Å². The summed E-state index contributed by atoms with van der Waals surface area (Å²) in [4.78, 5) is 16.7. The number of H-pyrrole nitrogens is 1. The number of nitrogens with one attached hydrogen (secondary N) is 1. The van der Waals surface area contributed by atoms with E-state index in [1.54, 1.807) is 0 Å². The summed E-state index contributed by atoms with van der Waals surface area (Å²) in [5.41, 5.74) is 6.92. The quantitative estimate of drug-likeness (QED) is 0.788. The topological polar surface area (TPSA) is 62.1 Å². The molecule has 1 amide bonds. The van der Waals surface area contributed by atoms with Crippen molar-refractivity contribution in [3.63, 3.8) is 0 Å². The third kappa shape index (κ3) is 2.44. The van der Waals surface area contributed by atoms with Crippen molar-refractivity contribution < 1.29 is 4.79 Å². The van der Waals surface area contributed by atoms with E-state index >= 15 is 0 Å². The summed E-state index contributed by atoms with van der Waals surface area (Å²) in [5.74, 6) is 0.420. The maximum atomic E-state index is 11.9. The van der Waals surface area contributed by atoms with Crippen LogP contribution < -0.4 is 5.73 Å². The maximum absolute atomic E-state index is 11.9. The number of hydrogen-bond donors (Lipinski definition) is 2. The molecule has 0 radical (unpaired) electrons. The highest BCUT2D eigenvalue weighted by Gasteiger charge is 2.33. The number of amides is 1. The molecular weight excluding hydrogens is 202 g/mol. The largest absolute Gasteiger partial charge is 0.367 e. The molecule has 1 saturated carbocycles. The van der Waals surface area contributed by atoms with Crippen LogP contribution in [-0.2, 0) is 11.2 Å². The number of rotatable bonds is 4. The number of likely N-dealkylation sites (N-methyl/N-ethyl adjacent to an activating group) is 1. The minimum absolute atomic E-state index is 0.172. The molecule has 0 unspecified atom stereocenters. The number of carbonyl (C=O) groups is 1. The Morgan fingerprint density at radius 2 is 2.38 bits per heavy atom. The summed E-state index contributed by atoms with van der Waals surface area (Å²) in [7, 11) is 1.87. The molecule has 0 aromatic carbocycles. The second-order valence-electron chi connectivity index (χ2n) is 4.66. The van der Waals surface area contributed by atoms with E-state index in [0.29, 0.717) is 0 Å². The van der Waals surface area contributed by atoms with E-state index in [2.05, 4.69) is 4.98 Å². The van der Waals surface area contributed by atoms with E-state index < -0.39 is 0 Å². The molecule has 16 heavy (non-hydrogen) atoms. The van der Waals surface area contributed by atoms with Crippen LogP contribution in [0.2, 0.25) is 0 Å². The first-order chi connectivity index (χ1) is 7.66. The average molecular weight is 221 g/mol. The van der Waals surface area contributed by atoms with Gasteiger partial charge in [-0.05, 0) is 30.9 Å². The van der Waals surface area contributed by atoms with E-state index in [1.807, 2.05) is 30.4 Å². The van der Waals surface area contributed by atoms with Gasteiger partial charge in [-0.25, -0.2) is 0 Å². The molecule has 1 aromatic heterocycles. The van der Waals surface area contributed by atoms with Crippen LogP contribution in [0.3, 0.4) is 0 Å². The maximum Gasteiger partial charge on any atom is 0.225 e. The summed E-state index contributed by atoms with van der Waals surface area (Å²) in [5, 5.41) is 0. The summed E-state index contributed by atoms with van der Waals surface area (Å²) < 4.78 is 0. The van der Waals surface area contributed by atoms with Gasteiger partial charge in [-0.1, -0.05) is 0 Å². The first-order valence-corrected chi connectivity index (χ1v) is 5.79. The highest BCUT2D eigenvalue weighted by Crippen LogP contribution is 2.27. The fraction of sp³-hybridized carbons (Fsp3) is 0.583. The molecule has 88 valence electrons. The summed E-state index contributed by atoms with van der Waals surface area (Å²) in [6.45, 7) is 0.780. The smallest absolute Gasteiger partial charge is 0.225 e. The van der Waals surface area contributed by atoms with Crippen molar-refractivity contribution in [3.8, 4) is 0 Å². The molecule has 0 spiro atoms. The number of nitrogens with two attached hydrogens (primary N) is 1. The zero-order valence-corrected chi connectivity index (χ0v) is 9.65. The van der Waals surface area contributed by atoms with E-state index in [9.17, 15) is 4.79 Å². The Kier molecular flexibility index (Phi) is 3.29. The number of hydrogen-bond acceptors (Lipinski definition) is 2. The molecule has 1 heterocycles. The Labute approximate surface area is 95.8 Å². The summed E-state index contributed by atoms with van der Waals surface area (Å²) >= 11 is 0. The van der Waals surface area contributed by atoms with Crippen molar-refractivity contribution in [2.24, 2.45) is 11.7 Å².